The number of aryl methyl sites for hydroxylation is 2. The fourth-order valence-electron chi connectivity index (χ4n) is 2.06. The number of nitrogens with zero attached hydrogens (tertiary/aromatic N) is 4. The highest BCUT2D eigenvalue weighted by atomic mass is 16.2. The van der Waals surface area contributed by atoms with Crippen molar-refractivity contribution in [2.75, 3.05) is 18.9 Å². The first-order valence-electron chi connectivity index (χ1n) is 7.63. The lowest BCUT2D eigenvalue weighted by Crippen LogP contribution is -2.38. The second-order valence-corrected chi connectivity index (χ2v) is 5.63. The molecule has 0 aromatic carbocycles. The summed E-state index contributed by atoms with van der Waals surface area (Å²) in [6.45, 7) is 2.64. The Hall–Kier alpha value is -2.90. The maximum Gasteiger partial charge on any atom is 0.317 e. The maximum atomic E-state index is 12.0. The van der Waals surface area contributed by atoms with Crippen LogP contribution in [-0.4, -0.2) is 45.2 Å². The van der Waals surface area contributed by atoms with Crippen LogP contribution in [0.15, 0.2) is 30.7 Å². The van der Waals surface area contributed by atoms with E-state index in [0.717, 1.165) is 11.1 Å². The zero-order valence-corrected chi connectivity index (χ0v) is 14.1. The average Bonchev–Trinajstić information content (AvgIpc) is 2.94. The van der Waals surface area contributed by atoms with Gasteiger partial charge in [-0.05, 0) is 18.6 Å². The van der Waals surface area contributed by atoms with E-state index in [1.165, 1.54) is 4.90 Å². The summed E-state index contributed by atoms with van der Waals surface area (Å²) in [7, 11) is 3.52. The summed E-state index contributed by atoms with van der Waals surface area (Å²) in [6.07, 6.45) is 5.43. The summed E-state index contributed by atoms with van der Waals surface area (Å²) in [6, 6.07) is 3.38. The van der Waals surface area contributed by atoms with Crippen molar-refractivity contribution in [3.8, 4) is 0 Å². The lowest BCUT2D eigenvalue weighted by atomic mass is 10.3. The molecule has 2 N–H and O–H groups in total. The number of hydrogen-bond donors (Lipinski definition) is 2. The summed E-state index contributed by atoms with van der Waals surface area (Å²) < 4.78 is 1.69. The van der Waals surface area contributed by atoms with Gasteiger partial charge in [0, 0.05) is 45.0 Å². The summed E-state index contributed by atoms with van der Waals surface area (Å²) >= 11 is 0. The first-order valence-corrected chi connectivity index (χ1v) is 7.63. The topological polar surface area (TPSA) is 92.2 Å². The Bertz CT molecular complexity index is 695. The van der Waals surface area contributed by atoms with Gasteiger partial charge in [0.25, 0.3) is 0 Å². The van der Waals surface area contributed by atoms with Gasteiger partial charge in [0.1, 0.15) is 5.82 Å². The molecule has 2 rings (SSSR count). The number of carbonyl (C=O) groups is 2. The Kier molecular flexibility index (Phi) is 5.89. The van der Waals surface area contributed by atoms with Crippen molar-refractivity contribution in [2.45, 2.75) is 19.9 Å². The molecule has 0 saturated carbocycles. The molecule has 0 aliphatic rings. The molecule has 0 aliphatic heterocycles. The van der Waals surface area contributed by atoms with Crippen LogP contribution in [0.2, 0.25) is 0 Å². The van der Waals surface area contributed by atoms with Crippen molar-refractivity contribution in [1.82, 2.24) is 25.0 Å². The highest BCUT2D eigenvalue weighted by Crippen LogP contribution is 2.04. The Morgan fingerprint density at radius 1 is 1.29 bits per heavy atom. The first-order chi connectivity index (χ1) is 11.4. The molecule has 3 amide bonds. The van der Waals surface area contributed by atoms with Gasteiger partial charge < -0.3 is 15.5 Å². The van der Waals surface area contributed by atoms with Gasteiger partial charge in [-0.3, -0.25) is 9.48 Å². The van der Waals surface area contributed by atoms with Gasteiger partial charge in [-0.2, -0.15) is 5.10 Å². The molecule has 0 fully saturated rings. The van der Waals surface area contributed by atoms with Crippen molar-refractivity contribution < 1.29 is 9.59 Å². The van der Waals surface area contributed by atoms with Crippen LogP contribution in [0.4, 0.5) is 10.6 Å². The van der Waals surface area contributed by atoms with Crippen LogP contribution in [0.25, 0.3) is 0 Å². The number of carbonyl (C=O) groups excluding carboxylic acids is 2. The highest BCUT2D eigenvalue weighted by molar-refractivity contribution is 5.90. The number of aromatic nitrogens is 3. The fourth-order valence-corrected chi connectivity index (χ4v) is 2.06. The third-order valence-corrected chi connectivity index (χ3v) is 3.33. The number of pyridine rings is 1. The third kappa shape index (κ3) is 5.38. The summed E-state index contributed by atoms with van der Waals surface area (Å²) in [5.41, 5.74) is 1.97. The van der Waals surface area contributed by atoms with E-state index in [-0.39, 0.29) is 24.9 Å². The summed E-state index contributed by atoms with van der Waals surface area (Å²) in [5.74, 6) is 0.312. The summed E-state index contributed by atoms with van der Waals surface area (Å²) in [4.78, 5) is 29.4. The second kappa shape index (κ2) is 8.09. The summed E-state index contributed by atoms with van der Waals surface area (Å²) in [5, 5.41) is 9.46. The molecule has 0 atom stereocenters. The molecule has 0 spiro atoms. The van der Waals surface area contributed by atoms with Crippen LogP contribution in [0, 0.1) is 6.92 Å². The predicted octanol–water partition coefficient (Wildman–Crippen LogP) is 1.29. The average molecular weight is 330 g/mol. The number of hydrogen-bond acceptors (Lipinski definition) is 4. The molecule has 2 aromatic rings. The fraction of sp³-hybridized carbons (Fsp3) is 0.375. The van der Waals surface area contributed by atoms with Gasteiger partial charge >= 0.3 is 6.03 Å². The molecule has 2 aromatic heterocycles. The maximum absolute atomic E-state index is 12.0. The predicted molar refractivity (Wildman–Crippen MR) is 90.3 cm³/mol. The van der Waals surface area contributed by atoms with Crippen molar-refractivity contribution in [3.63, 3.8) is 0 Å². The van der Waals surface area contributed by atoms with E-state index < -0.39 is 0 Å². The van der Waals surface area contributed by atoms with Crippen LogP contribution in [0.1, 0.15) is 17.5 Å². The normalized spacial score (nSPS) is 10.3. The van der Waals surface area contributed by atoms with Crippen LogP contribution in [0.5, 0.6) is 0 Å². The monoisotopic (exact) mass is 330 g/mol. The zero-order chi connectivity index (χ0) is 17.5. The Morgan fingerprint density at radius 2 is 2.08 bits per heavy atom. The van der Waals surface area contributed by atoms with Crippen molar-refractivity contribution in [3.05, 3.63) is 41.9 Å². The molecule has 0 bridgehead atoms. The molecule has 0 radical (unpaired) electrons. The van der Waals surface area contributed by atoms with Gasteiger partial charge in [-0.25, -0.2) is 9.78 Å². The van der Waals surface area contributed by atoms with Crippen LogP contribution < -0.4 is 10.6 Å². The lowest BCUT2D eigenvalue weighted by molar-refractivity contribution is -0.116. The Labute approximate surface area is 140 Å². The number of nitrogens with one attached hydrogen (secondary N) is 2. The molecule has 128 valence electrons. The first kappa shape index (κ1) is 17.5. The van der Waals surface area contributed by atoms with E-state index in [1.807, 2.05) is 26.2 Å². The molecule has 0 saturated heterocycles. The SMILES string of the molecule is Cc1ccc(NC(=O)CCNC(=O)N(C)Cc2cnn(C)c2)nc1. The van der Waals surface area contributed by atoms with Crippen molar-refractivity contribution >= 4 is 17.8 Å². The minimum Gasteiger partial charge on any atom is -0.337 e. The number of amides is 3. The lowest BCUT2D eigenvalue weighted by Gasteiger charge is -2.17. The number of rotatable bonds is 6. The highest BCUT2D eigenvalue weighted by Gasteiger charge is 2.10. The third-order valence-electron chi connectivity index (χ3n) is 3.33. The van der Waals surface area contributed by atoms with Crippen molar-refractivity contribution in [1.29, 1.82) is 0 Å². The molecule has 0 unspecified atom stereocenters. The van der Waals surface area contributed by atoms with Crippen LogP contribution >= 0.6 is 0 Å². The molecule has 8 heteroatoms. The minimum atomic E-state index is -0.236. The van der Waals surface area contributed by atoms with E-state index in [0.29, 0.717) is 12.4 Å². The minimum absolute atomic E-state index is 0.183. The molecular formula is C16H22N6O2. The van der Waals surface area contributed by atoms with Crippen molar-refractivity contribution in [2.24, 2.45) is 7.05 Å². The van der Waals surface area contributed by atoms with Crippen LogP contribution in [0.3, 0.4) is 0 Å². The number of urea groups is 1. The molecule has 8 nitrogen and oxygen atoms in total. The molecule has 2 heterocycles. The smallest absolute Gasteiger partial charge is 0.317 e. The second-order valence-electron chi connectivity index (χ2n) is 5.63. The van der Waals surface area contributed by atoms with Gasteiger partial charge in [-0.15, -0.1) is 0 Å². The Balaban J connectivity index is 1.69. The zero-order valence-electron chi connectivity index (χ0n) is 14.1. The molecule has 24 heavy (non-hydrogen) atoms. The van der Waals surface area contributed by atoms with E-state index in [1.54, 1.807) is 30.2 Å². The van der Waals surface area contributed by atoms with E-state index in [2.05, 4.69) is 20.7 Å². The molecule has 0 aliphatic carbocycles. The quantitative estimate of drug-likeness (QED) is 0.835. The van der Waals surface area contributed by atoms with E-state index in [9.17, 15) is 9.59 Å². The Morgan fingerprint density at radius 3 is 2.71 bits per heavy atom. The van der Waals surface area contributed by atoms with E-state index in [4.69, 9.17) is 0 Å². The van der Waals surface area contributed by atoms with Gasteiger partial charge in [0.15, 0.2) is 0 Å². The molecular weight excluding hydrogens is 308 g/mol. The largest absolute Gasteiger partial charge is 0.337 e. The van der Waals surface area contributed by atoms with Gasteiger partial charge in [0.2, 0.25) is 5.91 Å². The van der Waals surface area contributed by atoms with Gasteiger partial charge in [0.05, 0.1) is 12.7 Å². The number of anilines is 1. The van der Waals surface area contributed by atoms with E-state index >= 15 is 0 Å². The standard InChI is InChI=1S/C16H22N6O2/c1-12-4-5-14(18-8-12)20-15(23)6-7-17-16(24)21(2)10-13-9-19-22(3)11-13/h4-5,8-9,11H,6-7,10H2,1-3H3,(H,17,24)(H,18,20,23). The van der Waals surface area contributed by atoms with Crippen LogP contribution in [-0.2, 0) is 18.4 Å². The van der Waals surface area contributed by atoms with Gasteiger partial charge in [-0.1, -0.05) is 6.07 Å².